The van der Waals surface area contributed by atoms with Crippen LogP contribution < -0.4 is 5.56 Å². The molecule has 1 aromatic carbocycles. The molecule has 7 heteroatoms. The van der Waals surface area contributed by atoms with Crippen LogP contribution in [0.3, 0.4) is 0 Å². The number of alkyl halides is 1. The normalized spacial score (nSPS) is 20.1. The lowest BCUT2D eigenvalue weighted by molar-refractivity contribution is 0.555. The Morgan fingerprint density at radius 3 is 2.83 bits per heavy atom. The third kappa shape index (κ3) is 2.56. The van der Waals surface area contributed by atoms with Crippen LogP contribution >= 0.6 is 50.6 Å². The number of fused-ring (bicyclic) bond motifs is 2. The first kappa shape index (κ1) is 15.7. The molecule has 3 aromatic rings. The van der Waals surface area contributed by atoms with Crippen molar-refractivity contribution in [2.75, 3.05) is 5.33 Å². The molecule has 23 heavy (non-hydrogen) atoms. The van der Waals surface area contributed by atoms with E-state index < -0.39 is 0 Å². The van der Waals surface area contributed by atoms with Crippen LogP contribution in [0.25, 0.3) is 21.3 Å². The second-order valence-electron chi connectivity index (χ2n) is 5.81. The van der Waals surface area contributed by atoms with Crippen LogP contribution in [0.4, 0.5) is 0 Å². The number of benzene rings is 1. The average molecular weight is 428 g/mol. The van der Waals surface area contributed by atoms with Gasteiger partial charge in [0.15, 0.2) is 5.16 Å². The molecule has 3 heterocycles. The van der Waals surface area contributed by atoms with Crippen molar-refractivity contribution in [3.63, 3.8) is 0 Å². The number of aromatic nitrogens is 2. The van der Waals surface area contributed by atoms with Gasteiger partial charge in [-0.15, -0.1) is 11.3 Å². The monoisotopic (exact) mass is 426 g/mol. The van der Waals surface area contributed by atoms with Gasteiger partial charge in [-0.1, -0.05) is 51.4 Å². The van der Waals surface area contributed by atoms with Crippen molar-refractivity contribution in [3.05, 3.63) is 45.0 Å². The Morgan fingerprint density at radius 1 is 1.39 bits per heavy atom. The number of thiophene rings is 1. The number of rotatable bonds is 2. The van der Waals surface area contributed by atoms with Crippen LogP contribution in [0.5, 0.6) is 0 Å². The number of hydrogen-bond acceptors (Lipinski definition) is 4. The van der Waals surface area contributed by atoms with Crippen LogP contribution in [0.15, 0.2) is 39.6 Å². The third-order valence-electron chi connectivity index (χ3n) is 3.93. The van der Waals surface area contributed by atoms with E-state index >= 15 is 0 Å². The van der Waals surface area contributed by atoms with E-state index in [9.17, 15) is 4.79 Å². The summed E-state index contributed by atoms with van der Waals surface area (Å²) in [5.41, 5.74) is 1.98. The summed E-state index contributed by atoms with van der Waals surface area (Å²) in [5.74, 6) is 0. The molecule has 0 bridgehead atoms. The SMILES string of the molecule is C[C@]1(CBr)Cn2c(nc3scc(-c4ccc(Cl)cc4)c3c2=O)S1. The highest BCUT2D eigenvalue weighted by Gasteiger charge is 2.35. The minimum Gasteiger partial charge on any atom is -0.286 e. The van der Waals surface area contributed by atoms with E-state index in [4.69, 9.17) is 16.6 Å². The quantitative estimate of drug-likeness (QED) is 0.424. The number of thioether (sulfide) groups is 1. The molecule has 0 saturated carbocycles. The van der Waals surface area contributed by atoms with Crippen molar-refractivity contribution >= 4 is 60.8 Å². The van der Waals surface area contributed by atoms with Crippen LogP contribution in [0.1, 0.15) is 6.92 Å². The lowest BCUT2D eigenvalue weighted by atomic mass is 10.1. The Morgan fingerprint density at radius 2 is 2.13 bits per heavy atom. The molecule has 0 radical (unpaired) electrons. The van der Waals surface area contributed by atoms with E-state index in [0.717, 1.165) is 26.4 Å². The van der Waals surface area contributed by atoms with Gasteiger partial charge in [0.05, 0.1) is 5.39 Å². The molecule has 0 saturated heterocycles. The summed E-state index contributed by atoms with van der Waals surface area (Å²) in [4.78, 5) is 18.5. The first-order valence-electron chi connectivity index (χ1n) is 7.04. The minimum atomic E-state index is -0.0247. The zero-order valence-corrected chi connectivity index (χ0v) is 16.2. The van der Waals surface area contributed by atoms with E-state index in [2.05, 4.69) is 22.9 Å². The Hall–Kier alpha value is -0.820. The predicted octanol–water partition coefficient (Wildman–Crippen LogP) is 5.04. The summed E-state index contributed by atoms with van der Waals surface area (Å²) in [6, 6.07) is 7.57. The van der Waals surface area contributed by atoms with Gasteiger partial charge in [0, 0.05) is 32.6 Å². The summed E-state index contributed by atoms with van der Waals surface area (Å²) in [6.07, 6.45) is 0. The molecular formula is C16H12BrClN2OS2. The van der Waals surface area contributed by atoms with Crippen molar-refractivity contribution in [2.45, 2.75) is 23.4 Å². The molecule has 118 valence electrons. The number of nitrogens with zero attached hydrogens (tertiary/aromatic N) is 2. The van der Waals surface area contributed by atoms with E-state index in [0.29, 0.717) is 17.0 Å². The molecule has 0 spiro atoms. The van der Waals surface area contributed by atoms with Crippen LogP contribution in [0.2, 0.25) is 5.02 Å². The second kappa shape index (κ2) is 5.62. The largest absolute Gasteiger partial charge is 0.286 e. The first-order valence-corrected chi connectivity index (χ1v) is 10.2. The number of halogens is 2. The van der Waals surface area contributed by atoms with Crippen LogP contribution in [0, 0.1) is 0 Å². The standard InChI is InChI=1S/C16H12BrClN2OS2/c1-16(7-17)8-20-14(21)12-11(9-2-4-10(18)5-3-9)6-22-13(12)19-15(20)23-16/h2-6H,7-8H2,1H3/t16-/m0/s1. The minimum absolute atomic E-state index is 0.0247. The fourth-order valence-corrected chi connectivity index (χ4v) is 5.45. The summed E-state index contributed by atoms with van der Waals surface area (Å²) < 4.78 is 1.78. The Balaban J connectivity index is 1.93. The van der Waals surface area contributed by atoms with Gasteiger partial charge in [-0.3, -0.25) is 9.36 Å². The topological polar surface area (TPSA) is 34.9 Å². The molecule has 2 aromatic heterocycles. The summed E-state index contributed by atoms with van der Waals surface area (Å²) >= 11 is 12.7. The smallest absolute Gasteiger partial charge is 0.263 e. The van der Waals surface area contributed by atoms with Gasteiger partial charge < -0.3 is 0 Å². The second-order valence-corrected chi connectivity index (χ2v) is 9.22. The Kier molecular flexibility index (Phi) is 3.83. The highest BCUT2D eigenvalue weighted by molar-refractivity contribution is 9.09. The lowest BCUT2D eigenvalue weighted by Crippen LogP contribution is -2.28. The maximum absolute atomic E-state index is 13.0. The maximum atomic E-state index is 13.0. The van der Waals surface area contributed by atoms with Crippen LogP contribution in [-0.4, -0.2) is 19.6 Å². The van der Waals surface area contributed by atoms with Crippen LogP contribution in [-0.2, 0) is 6.54 Å². The van der Waals surface area contributed by atoms with Gasteiger partial charge in [0.2, 0.25) is 0 Å². The molecular weight excluding hydrogens is 416 g/mol. The predicted molar refractivity (Wildman–Crippen MR) is 102 cm³/mol. The van der Waals surface area contributed by atoms with E-state index in [1.165, 1.54) is 11.3 Å². The molecule has 1 aliphatic rings. The molecule has 4 rings (SSSR count). The van der Waals surface area contributed by atoms with Crippen molar-refractivity contribution < 1.29 is 0 Å². The zero-order chi connectivity index (χ0) is 16.2. The third-order valence-corrected chi connectivity index (χ3v) is 7.92. The van der Waals surface area contributed by atoms with E-state index in [1.54, 1.807) is 16.3 Å². The molecule has 0 unspecified atom stereocenters. The van der Waals surface area contributed by atoms with Crippen molar-refractivity contribution in [1.82, 2.24) is 9.55 Å². The van der Waals surface area contributed by atoms with Gasteiger partial charge >= 0.3 is 0 Å². The van der Waals surface area contributed by atoms with Gasteiger partial charge in [-0.25, -0.2) is 4.98 Å². The summed E-state index contributed by atoms with van der Waals surface area (Å²) in [5, 5.41) is 5.04. The zero-order valence-electron chi connectivity index (χ0n) is 12.2. The highest BCUT2D eigenvalue weighted by Crippen LogP contribution is 2.42. The van der Waals surface area contributed by atoms with Gasteiger partial charge in [-0.05, 0) is 24.6 Å². The molecule has 1 atom stereocenters. The molecule has 0 aliphatic carbocycles. The fraction of sp³-hybridized carbons (Fsp3) is 0.250. The average Bonchev–Trinajstić information content (AvgIpc) is 3.10. The van der Waals surface area contributed by atoms with E-state index in [-0.39, 0.29) is 10.3 Å². The van der Waals surface area contributed by atoms with Gasteiger partial charge in [0.1, 0.15) is 4.83 Å². The number of hydrogen-bond donors (Lipinski definition) is 0. The molecule has 0 fully saturated rings. The highest BCUT2D eigenvalue weighted by atomic mass is 79.9. The van der Waals surface area contributed by atoms with Crippen molar-refractivity contribution in [1.29, 1.82) is 0 Å². The molecule has 1 aliphatic heterocycles. The summed E-state index contributed by atoms with van der Waals surface area (Å²) in [6.45, 7) is 2.82. The molecule has 3 nitrogen and oxygen atoms in total. The van der Waals surface area contributed by atoms with Crippen molar-refractivity contribution in [2.24, 2.45) is 0 Å². The summed E-state index contributed by atoms with van der Waals surface area (Å²) in [7, 11) is 0. The lowest BCUT2D eigenvalue weighted by Gasteiger charge is -2.16. The Bertz CT molecular complexity index is 967. The fourth-order valence-electron chi connectivity index (χ4n) is 2.72. The maximum Gasteiger partial charge on any atom is 0.263 e. The first-order chi connectivity index (χ1) is 11.0. The van der Waals surface area contributed by atoms with Gasteiger partial charge in [-0.2, -0.15) is 0 Å². The molecule has 0 amide bonds. The molecule has 0 N–H and O–H groups in total. The Labute approximate surface area is 154 Å². The van der Waals surface area contributed by atoms with Gasteiger partial charge in [0.25, 0.3) is 5.56 Å². The van der Waals surface area contributed by atoms with Crippen molar-refractivity contribution in [3.8, 4) is 11.1 Å². The van der Waals surface area contributed by atoms with E-state index in [1.807, 2.05) is 29.6 Å².